The molecule has 1 aliphatic carbocycles. The standard InChI is InChI=1S/C28H38N2O2S/c1-20-9-8-10-24(14-20)17-30(23(4)28(32)29-26-11-6-5-7-12-26)27(31)19-33-18-25-15-21(2)13-22(3)16-25/h8-10,13-16,23,26H,5-7,11-12,17-19H2,1-4H3,(H,29,32)/t23-/m1/s1. The third kappa shape index (κ3) is 7.92. The number of carbonyl (C=O) groups excluding carboxylic acids is 2. The zero-order chi connectivity index (χ0) is 23.8. The topological polar surface area (TPSA) is 49.4 Å². The molecule has 1 atom stereocenters. The van der Waals surface area contributed by atoms with Gasteiger partial charge in [-0.25, -0.2) is 0 Å². The van der Waals surface area contributed by atoms with Crippen LogP contribution in [0.5, 0.6) is 0 Å². The summed E-state index contributed by atoms with van der Waals surface area (Å²) < 4.78 is 0. The summed E-state index contributed by atoms with van der Waals surface area (Å²) in [7, 11) is 0. The minimum atomic E-state index is -0.498. The van der Waals surface area contributed by atoms with Crippen LogP contribution in [0.3, 0.4) is 0 Å². The van der Waals surface area contributed by atoms with Crippen LogP contribution in [-0.2, 0) is 21.9 Å². The Bertz CT molecular complexity index is 932. The van der Waals surface area contributed by atoms with Gasteiger partial charge >= 0.3 is 0 Å². The van der Waals surface area contributed by atoms with Gasteiger partial charge in [0, 0.05) is 18.3 Å². The molecule has 0 spiro atoms. The van der Waals surface area contributed by atoms with E-state index in [-0.39, 0.29) is 17.9 Å². The van der Waals surface area contributed by atoms with Crippen LogP contribution in [0.15, 0.2) is 42.5 Å². The van der Waals surface area contributed by atoms with E-state index in [0.29, 0.717) is 12.3 Å². The predicted molar refractivity (Wildman–Crippen MR) is 138 cm³/mol. The van der Waals surface area contributed by atoms with Crippen molar-refractivity contribution in [1.82, 2.24) is 10.2 Å². The molecule has 0 saturated heterocycles. The lowest BCUT2D eigenvalue weighted by Crippen LogP contribution is -2.50. The van der Waals surface area contributed by atoms with Crippen LogP contribution in [0.25, 0.3) is 0 Å². The highest BCUT2D eigenvalue weighted by atomic mass is 32.2. The van der Waals surface area contributed by atoms with Crippen LogP contribution >= 0.6 is 11.8 Å². The van der Waals surface area contributed by atoms with Crippen LogP contribution in [-0.4, -0.2) is 34.6 Å². The van der Waals surface area contributed by atoms with E-state index in [1.807, 2.05) is 19.1 Å². The van der Waals surface area contributed by atoms with E-state index in [4.69, 9.17) is 0 Å². The summed E-state index contributed by atoms with van der Waals surface area (Å²) in [5, 5.41) is 3.21. The number of hydrogen-bond acceptors (Lipinski definition) is 3. The Hall–Kier alpha value is -2.27. The molecule has 0 unspecified atom stereocenters. The highest BCUT2D eigenvalue weighted by Gasteiger charge is 2.28. The maximum Gasteiger partial charge on any atom is 0.242 e. The van der Waals surface area contributed by atoms with E-state index in [0.717, 1.165) is 29.7 Å². The molecular weight excluding hydrogens is 428 g/mol. The lowest BCUT2D eigenvalue weighted by Gasteiger charge is -2.31. The lowest BCUT2D eigenvalue weighted by atomic mass is 9.95. The summed E-state index contributed by atoms with van der Waals surface area (Å²) in [5.74, 6) is 1.12. The maximum atomic E-state index is 13.3. The first-order valence-electron chi connectivity index (χ1n) is 12.1. The molecule has 0 aliphatic heterocycles. The molecule has 1 N–H and O–H groups in total. The van der Waals surface area contributed by atoms with Crippen LogP contribution in [0.2, 0.25) is 0 Å². The Morgan fingerprint density at radius 2 is 1.64 bits per heavy atom. The second-order valence-electron chi connectivity index (χ2n) is 9.52. The van der Waals surface area contributed by atoms with Gasteiger partial charge in [0.2, 0.25) is 11.8 Å². The number of nitrogens with one attached hydrogen (secondary N) is 1. The molecule has 0 bridgehead atoms. The van der Waals surface area contributed by atoms with Gasteiger partial charge in [0.05, 0.1) is 5.75 Å². The minimum absolute atomic E-state index is 0.0113. The van der Waals surface area contributed by atoms with E-state index >= 15 is 0 Å². The van der Waals surface area contributed by atoms with E-state index in [1.165, 1.54) is 36.0 Å². The molecule has 2 aromatic rings. The van der Waals surface area contributed by atoms with E-state index in [2.05, 4.69) is 56.4 Å². The quantitative estimate of drug-likeness (QED) is 0.515. The first-order chi connectivity index (χ1) is 15.8. The van der Waals surface area contributed by atoms with Crippen LogP contribution < -0.4 is 5.32 Å². The van der Waals surface area contributed by atoms with Crippen molar-refractivity contribution in [2.45, 2.75) is 84.2 Å². The number of rotatable bonds is 9. The third-order valence-electron chi connectivity index (χ3n) is 6.33. The Morgan fingerprint density at radius 3 is 2.30 bits per heavy atom. The summed E-state index contributed by atoms with van der Waals surface area (Å²) in [6.45, 7) is 8.56. The van der Waals surface area contributed by atoms with E-state index in [9.17, 15) is 9.59 Å². The van der Waals surface area contributed by atoms with Gasteiger partial charge in [-0.2, -0.15) is 0 Å². The third-order valence-corrected chi connectivity index (χ3v) is 7.32. The molecule has 0 radical (unpaired) electrons. The monoisotopic (exact) mass is 466 g/mol. The SMILES string of the molecule is Cc1cc(C)cc(CSCC(=O)N(Cc2cccc(C)c2)[C@H](C)C(=O)NC2CCCCC2)c1. The van der Waals surface area contributed by atoms with Crippen molar-refractivity contribution in [3.8, 4) is 0 Å². The fraction of sp³-hybridized carbons (Fsp3) is 0.500. The maximum absolute atomic E-state index is 13.3. The van der Waals surface area contributed by atoms with Gasteiger partial charge in [-0.1, -0.05) is 78.4 Å². The number of aryl methyl sites for hydroxylation is 3. The van der Waals surface area contributed by atoms with E-state index < -0.39 is 6.04 Å². The highest BCUT2D eigenvalue weighted by Crippen LogP contribution is 2.20. The largest absolute Gasteiger partial charge is 0.352 e. The summed E-state index contributed by atoms with van der Waals surface area (Å²) in [6, 6.07) is 14.4. The normalized spacial score (nSPS) is 15.2. The highest BCUT2D eigenvalue weighted by molar-refractivity contribution is 7.99. The molecule has 2 aromatic carbocycles. The summed E-state index contributed by atoms with van der Waals surface area (Å²) >= 11 is 1.62. The second kappa shape index (κ2) is 12.3. The summed E-state index contributed by atoms with van der Waals surface area (Å²) in [4.78, 5) is 28.1. The van der Waals surface area contributed by atoms with Crippen molar-refractivity contribution < 1.29 is 9.59 Å². The molecule has 1 fully saturated rings. The summed E-state index contributed by atoms with van der Waals surface area (Å²) in [5.41, 5.74) is 5.93. The van der Waals surface area contributed by atoms with Crippen LogP contribution in [0, 0.1) is 20.8 Å². The van der Waals surface area contributed by atoms with Crippen molar-refractivity contribution in [3.63, 3.8) is 0 Å². The Labute approximate surface area is 203 Å². The van der Waals surface area contributed by atoms with Gasteiger partial charge < -0.3 is 10.2 Å². The van der Waals surface area contributed by atoms with Gasteiger partial charge in [0.15, 0.2) is 0 Å². The number of benzene rings is 2. The molecule has 4 nitrogen and oxygen atoms in total. The van der Waals surface area contributed by atoms with Crippen molar-refractivity contribution in [2.24, 2.45) is 0 Å². The zero-order valence-corrected chi connectivity index (χ0v) is 21.3. The van der Waals surface area contributed by atoms with E-state index in [1.54, 1.807) is 16.7 Å². The van der Waals surface area contributed by atoms with Gasteiger partial charge in [-0.15, -0.1) is 11.8 Å². The Morgan fingerprint density at radius 1 is 0.970 bits per heavy atom. The molecule has 33 heavy (non-hydrogen) atoms. The second-order valence-corrected chi connectivity index (χ2v) is 10.5. The van der Waals surface area contributed by atoms with Crippen molar-refractivity contribution in [3.05, 3.63) is 70.3 Å². The average molecular weight is 467 g/mol. The van der Waals surface area contributed by atoms with Crippen molar-refractivity contribution in [1.29, 1.82) is 0 Å². The Kier molecular flexibility index (Phi) is 9.42. The molecule has 0 heterocycles. The molecule has 1 aliphatic rings. The molecule has 2 amide bonds. The van der Waals surface area contributed by atoms with Crippen molar-refractivity contribution in [2.75, 3.05) is 5.75 Å². The van der Waals surface area contributed by atoms with Gasteiger partial charge in [-0.05, 0) is 51.7 Å². The number of hydrogen-bond donors (Lipinski definition) is 1. The zero-order valence-electron chi connectivity index (χ0n) is 20.5. The lowest BCUT2D eigenvalue weighted by molar-refractivity contribution is -0.139. The van der Waals surface area contributed by atoms with Gasteiger partial charge in [0.25, 0.3) is 0 Å². The Balaban J connectivity index is 1.66. The smallest absolute Gasteiger partial charge is 0.242 e. The summed E-state index contributed by atoms with van der Waals surface area (Å²) in [6.07, 6.45) is 5.66. The number of carbonyl (C=O) groups is 2. The molecule has 1 saturated carbocycles. The number of thioether (sulfide) groups is 1. The van der Waals surface area contributed by atoms with Crippen LogP contribution in [0.1, 0.15) is 66.8 Å². The molecular formula is C28H38N2O2S. The van der Waals surface area contributed by atoms with Gasteiger partial charge in [-0.3, -0.25) is 9.59 Å². The fourth-order valence-corrected chi connectivity index (χ4v) is 5.49. The fourth-order valence-electron chi connectivity index (χ4n) is 4.65. The molecule has 3 rings (SSSR count). The minimum Gasteiger partial charge on any atom is -0.352 e. The molecule has 5 heteroatoms. The average Bonchev–Trinajstić information content (AvgIpc) is 2.77. The predicted octanol–water partition coefficient (Wildman–Crippen LogP) is 5.71. The molecule has 0 aromatic heterocycles. The number of nitrogens with zero attached hydrogens (tertiary/aromatic N) is 1. The van der Waals surface area contributed by atoms with Crippen LogP contribution in [0.4, 0.5) is 0 Å². The molecule has 178 valence electrons. The first kappa shape index (κ1) is 25.4. The number of amides is 2. The van der Waals surface area contributed by atoms with Gasteiger partial charge in [0.1, 0.15) is 6.04 Å². The first-order valence-corrected chi connectivity index (χ1v) is 13.3. The van der Waals surface area contributed by atoms with Crippen molar-refractivity contribution >= 4 is 23.6 Å².